The summed E-state index contributed by atoms with van der Waals surface area (Å²) in [6.07, 6.45) is 3.12. The summed E-state index contributed by atoms with van der Waals surface area (Å²) in [5.74, 6) is -1.83. The average Bonchev–Trinajstić information content (AvgIpc) is 3.25. The average molecular weight is 861 g/mol. The quantitative estimate of drug-likeness (QED) is 0.147. The van der Waals surface area contributed by atoms with E-state index >= 15 is 9.59 Å². The number of ketones is 2. The standard InChI is InChI=1S/C45H52N2O11S2/c48-23-28-7-4-6-27(18-28)19-29-20-31-38(51)30-8-5-9-32-37(30)40(53)45(31,34(50)21-29)35(11-15-43(55)13-2-1-3-14-43)60-59-25-47-36-22-26(12-17-46-36)10-16-44(56)39(52)33(24-49)58-42(57-32)41(44)54/h4-9,12,17-18,20-22,31,33,35,39,41-42,48-50,52,54-56H,1-3,10-11,13-16,19,23-25H2,(H,46,47). The van der Waals surface area contributed by atoms with Crippen molar-refractivity contribution in [2.75, 3.05) is 17.8 Å². The number of anilines is 1. The molecule has 5 aliphatic rings. The molecule has 320 valence electrons. The van der Waals surface area contributed by atoms with Crippen molar-refractivity contribution < 1.29 is 54.8 Å². The summed E-state index contributed by atoms with van der Waals surface area (Å²) in [6, 6.07) is 15.4. The molecule has 8 unspecified atom stereocenters. The van der Waals surface area contributed by atoms with E-state index in [0.717, 1.165) is 30.4 Å². The van der Waals surface area contributed by atoms with Gasteiger partial charge in [-0.2, -0.15) is 0 Å². The summed E-state index contributed by atoms with van der Waals surface area (Å²) >= 11 is 0. The van der Waals surface area contributed by atoms with Gasteiger partial charge in [0.15, 0.2) is 11.6 Å². The van der Waals surface area contributed by atoms with Crippen molar-refractivity contribution in [1.82, 2.24) is 4.98 Å². The molecule has 3 aromatic rings. The lowest BCUT2D eigenvalue weighted by Crippen LogP contribution is -2.68. The normalized spacial score (nSPS) is 31.6. The molecule has 0 amide bonds. The lowest BCUT2D eigenvalue weighted by atomic mass is 9.56. The molecule has 2 aliphatic heterocycles. The summed E-state index contributed by atoms with van der Waals surface area (Å²) in [5.41, 5.74) is -2.29. The number of aliphatic hydroxyl groups is 7. The maximum atomic E-state index is 15.8. The Morgan fingerprint density at radius 1 is 0.933 bits per heavy atom. The number of hydrogen-bond acceptors (Lipinski definition) is 15. The highest BCUT2D eigenvalue weighted by molar-refractivity contribution is 8.77. The third kappa shape index (κ3) is 7.93. The summed E-state index contributed by atoms with van der Waals surface area (Å²) in [4.78, 5) is 35.4. The number of rotatable bonds is 7. The van der Waals surface area contributed by atoms with Crippen LogP contribution in [0.1, 0.15) is 88.8 Å². The molecule has 13 nitrogen and oxygen atoms in total. The van der Waals surface area contributed by atoms with Gasteiger partial charge in [0.1, 0.15) is 46.7 Å². The van der Waals surface area contributed by atoms with E-state index in [-0.39, 0.29) is 48.5 Å². The first kappa shape index (κ1) is 42.9. The number of carbonyl (C=O) groups excluding carboxylic acids is 2. The van der Waals surface area contributed by atoms with Crippen LogP contribution in [0.2, 0.25) is 0 Å². The predicted molar refractivity (Wildman–Crippen MR) is 227 cm³/mol. The smallest absolute Gasteiger partial charge is 0.229 e. The van der Waals surface area contributed by atoms with Crippen LogP contribution in [-0.4, -0.2) is 106 Å². The van der Waals surface area contributed by atoms with E-state index in [0.29, 0.717) is 48.5 Å². The van der Waals surface area contributed by atoms with Gasteiger partial charge in [-0.1, -0.05) is 83.3 Å². The number of nitrogens with zero attached hydrogens (tertiary/aromatic N) is 1. The highest BCUT2D eigenvalue weighted by atomic mass is 33.1. The van der Waals surface area contributed by atoms with Crippen molar-refractivity contribution in [3.05, 3.63) is 112 Å². The molecule has 1 saturated carbocycles. The molecule has 1 aromatic heterocycles. The van der Waals surface area contributed by atoms with Gasteiger partial charge in [-0.05, 0) is 91.5 Å². The highest BCUT2D eigenvalue weighted by Crippen LogP contribution is 2.58. The van der Waals surface area contributed by atoms with E-state index in [2.05, 4.69) is 10.3 Å². The van der Waals surface area contributed by atoms with Crippen LogP contribution < -0.4 is 10.1 Å². The predicted octanol–water partition coefficient (Wildman–Crippen LogP) is 4.97. The number of fused-ring (bicyclic) bond motifs is 4. The Morgan fingerprint density at radius 3 is 2.50 bits per heavy atom. The number of nitrogens with one attached hydrogen (secondary N) is 1. The minimum absolute atomic E-state index is 0.0351. The maximum absolute atomic E-state index is 15.8. The van der Waals surface area contributed by atoms with Gasteiger partial charge in [-0.25, -0.2) is 4.98 Å². The molecule has 1 spiro atoms. The van der Waals surface area contributed by atoms with E-state index in [4.69, 9.17) is 9.47 Å². The van der Waals surface area contributed by atoms with Crippen LogP contribution >= 0.6 is 21.6 Å². The lowest BCUT2D eigenvalue weighted by molar-refractivity contribution is -0.315. The number of Topliss-reactive ketones (excluding diaryl/α,β-unsaturated/α-hetero) is 2. The molecule has 2 aromatic carbocycles. The second-order valence-electron chi connectivity index (χ2n) is 16.8. The van der Waals surface area contributed by atoms with Crippen LogP contribution in [0.25, 0.3) is 0 Å². The largest absolute Gasteiger partial charge is 0.511 e. The van der Waals surface area contributed by atoms with Crippen molar-refractivity contribution >= 4 is 39.0 Å². The topological polar surface area (TPSA) is 219 Å². The van der Waals surface area contributed by atoms with Gasteiger partial charge in [-0.3, -0.25) is 9.59 Å². The Hall–Kier alpha value is -3.77. The minimum atomic E-state index is -2.24. The number of aliphatic hydroxyl groups excluding tert-OH is 5. The Labute approximate surface area is 356 Å². The Balaban J connectivity index is 1.27. The second kappa shape index (κ2) is 17.5. The van der Waals surface area contributed by atoms with E-state index < -0.39 is 70.6 Å². The van der Waals surface area contributed by atoms with Crippen LogP contribution in [0.3, 0.4) is 0 Å². The molecular formula is C45H52N2O11S2. The molecule has 8 atom stereocenters. The van der Waals surface area contributed by atoms with Gasteiger partial charge in [0.05, 0.1) is 36.2 Å². The number of aryl methyl sites for hydroxylation is 1. The molecule has 8 N–H and O–H groups in total. The highest BCUT2D eigenvalue weighted by Gasteiger charge is 2.63. The molecule has 6 bridgehead atoms. The van der Waals surface area contributed by atoms with Gasteiger partial charge in [0.25, 0.3) is 0 Å². The zero-order chi connectivity index (χ0) is 42.2. The summed E-state index contributed by atoms with van der Waals surface area (Å²) in [6.45, 7) is -0.883. The van der Waals surface area contributed by atoms with Crippen molar-refractivity contribution in [2.45, 2.75) is 112 Å². The van der Waals surface area contributed by atoms with Crippen LogP contribution in [0, 0.1) is 11.3 Å². The number of allylic oxidation sites excluding steroid dienone is 4. The summed E-state index contributed by atoms with van der Waals surface area (Å²) < 4.78 is 12.2. The summed E-state index contributed by atoms with van der Waals surface area (Å²) in [7, 11) is 2.76. The first-order chi connectivity index (χ1) is 28.9. The number of pyridine rings is 1. The van der Waals surface area contributed by atoms with E-state index in [9.17, 15) is 35.7 Å². The Kier molecular flexibility index (Phi) is 12.5. The lowest BCUT2D eigenvalue weighted by Gasteiger charge is -2.49. The fourth-order valence-electron chi connectivity index (χ4n) is 9.74. The number of aromatic nitrogens is 1. The fourth-order valence-corrected chi connectivity index (χ4v) is 12.5. The minimum Gasteiger partial charge on any atom is -0.511 e. The van der Waals surface area contributed by atoms with Gasteiger partial charge < -0.3 is 50.5 Å². The molecule has 3 aliphatic carbocycles. The Morgan fingerprint density at radius 2 is 1.72 bits per heavy atom. The van der Waals surface area contributed by atoms with Crippen molar-refractivity contribution in [1.29, 1.82) is 0 Å². The van der Waals surface area contributed by atoms with E-state index in [1.54, 1.807) is 36.5 Å². The van der Waals surface area contributed by atoms with Crippen LogP contribution in [0.15, 0.2) is 84.3 Å². The number of ether oxygens (including phenoxy) is 2. The van der Waals surface area contributed by atoms with Gasteiger partial charge >= 0.3 is 0 Å². The van der Waals surface area contributed by atoms with Crippen LogP contribution in [-0.2, 0) is 24.2 Å². The first-order valence-electron chi connectivity index (χ1n) is 20.6. The van der Waals surface area contributed by atoms with Crippen molar-refractivity contribution in [2.24, 2.45) is 11.3 Å². The Bertz CT molecular complexity index is 2160. The molecule has 0 radical (unpaired) electrons. The number of hydrogen-bond donors (Lipinski definition) is 8. The van der Waals surface area contributed by atoms with Crippen molar-refractivity contribution in [3.63, 3.8) is 0 Å². The fraction of sp³-hybridized carbons (Fsp3) is 0.489. The number of benzene rings is 2. The molecule has 8 rings (SSSR count). The monoisotopic (exact) mass is 860 g/mol. The second-order valence-corrected chi connectivity index (χ2v) is 19.3. The third-order valence-electron chi connectivity index (χ3n) is 13.0. The molecular weight excluding hydrogens is 809 g/mol. The number of carbonyl (C=O) groups is 2. The third-order valence-corrected chi connectivity index (χ3v) is 15.7. The molecule has 15 heteroatoms. The molecule has 1 saturated heterocycles. The van der Waals surface area contributed by atoms with E-state index in [1.165, 1.54) is 39.8 Å². The van der Waals surface area contributed by atoms with Gasteiger partial charge in [0, 0.05) is 17.0 Å². The van der Waals surface area contributed by atoms with Crippen molar-refractivity contribution in [3.8, 4) is 5.75 Å². The molecule has 2 fully saturated rings. The zero-order valence-corrected chi connectivity index (χ0v) is 34.7. The molecule has 3 heterocycles. The van der Waals surface area contributed by atoms with Gasteiger partial charge in [-0.15, -0.1) is 0 Å². The van der Waals surface area contributed by atoms with Gasteiger partial charge in [0.2, 0.25) is 6.29 Å². The summed E-state index contributed by atoms with van der Waals surface area (Å²) in [5, 5.41) is 81.9. The molecule has 60 heavy (non-hydrogen) atoms. The van der Waals surface area contributed by atoms with Crippen LogP contribution in [0.4, 0.5) is 5.82 Å². The maximum Gasteiger partial charge on any atom is 0.229 e. The zero-order valence-electron chi connectivity index (χ0n) is 33.1. The van der Waals surface area contributed by atoms with E-state index in [1.807, 2.05) is 18.2 Å². The first-order valence-corrected chi connectivity index (χ1v) is 23.0. The van der Waals surface area contributed by atoms with Crippen LogP contribution in [0.5, 0.6) is 5.75 Å². The SMILES string of the molecule is O=C1c2cccc3c2C(=O)C2(C(O)=CC(Cc4cccc(CO)c4)=CC12)C(CCC1(O)CCCCC1)SSCNc1cc(ccn1)CCC1(O)C(O)C(CO)OC(O3)C1O.